The van der Waals surface area contributed by atoms with Crippen molar-refractivity contribution in [2.75, 3.05) is 20.1 Å². The van der Waals surface area contributed by atoms with Crippen molar-refractivity contribution in [2.24, 2.45) is 0 Å². The lowest BCUT2D eigenvalue weighted by Gasteiger charge is -2.33. The van der Waals surface area contributed by atoms with Crippen molar-refractivity contribution >= 4 is 11.8 Å². The summed E-state index contributed by atoms with van der Waals surface area (Å²) in [6, 6.07) is 12.3. The molecule has 3 atom stereocenters. The lowest BCUT2D eigenvalue weighted by Crippen LogP contribution is -2.49. The molecule has 2 aromatic rings. The molecule has 2 aliphatic rings. The van der Waals surface area contributed by atoms with E-state index >= 15 is 0 Å². The Labute approximate surface area is 192 Å². The molecule has 2 saturated heterocycles. The number of halogens is 2. The van der Waals surface area contributed by atoms with Crippen molar-refractivity contribution in [3.8, 4) is 0 Å². The minimum absolute atomic E-state index is 0.00900. The highest BCUT2D eigenvalue weighted by molar-refractivity contribution is 5.83. The normalized spacial score (nSPS) is 23.6. The predicted molar refractivity (Wildman–Crippen MR) is 121 cm³/mol. The molecule has 8 heteroatoms. The average molecular weight is 457 g/mol. The van der Waals surface area contributed by atoms with E-state index in [1.54, 1.807) is 24.3 Å². The second-order valence-corrected chi connectivity index (χ2v) is 8.90. The van der Waals surface area contributed by atoms with Crippen molar-refractivity contribution in [3.63, 3.8) is 0 Å². The number of carbonyl (C=O) groups is 2. The van der Waals surface area contributed by atoms with Crippen LogP contribution < -0.4 is 10.6 Å². The highest BCUT2D eigenvalue weighted by atomic mass is 19.1. The molecule has 2 aliphatic heterocycles. The number of benzene rings is 2. The number of nitrogens with zero attached hydrogens (tertiary/aromatic N) is 2. The molecule has 2 fully saturated rings. The molecule has 176 valence electrons. The van der Waals surface area contributed by atoms with Crippen LogP contribution in [0, 0.1) is 11.6 Å². The highest BCUT2D eigenvalue weighted by Crippen LogP contribution is 2.28. The van der Waals surface area contributed by atoms with E-state index in [0.29, 0.717) is 32.5 Å². The van der Waals surface area contributed by atoms with Gasteiger partial charge in [0.1, 0.15) is 17.7 Å². The zero-order valence-electron chi connectivity index (χ0n) is 18.8. The van der Waals surface area contributed by atoms with Crippen LogP contribution in [-0.4, -0.2) is 59.9 Å². The minimum Gasteiger partial charge on any atom is -0.353 e. The number of nitrogens with one attached hydrogen (secondary N) is 2. The molecule has 33 heavy (non-hydrogen) atoms. The van der Waals surface area contributed by atoms with E-state index in [9.17, 15) is 18.4 Å². The lowest BCUT2D eigenvalue weighted by atomic mass is 10.0. The van der Waals surface area contributed by atoms with Crippen LogP contribution in [0.3, 0.4) is 0 Å². The van der Waals surface area contributed by atoms with Gasteiger partial charge in [0.2, 0.25) is 11.8 Å². The Hall–Kier alpha value is -2.84. The molecule has 2 aromatic carbocycles. The molecule has 4 rings (SSSR count). The number of rotatable bonds is 7. The third kappa shape index (κ3) is 5.75. The molecule has 0 spiro atoms. The topological polar surface area (TPSA) is 64.7 Å². The minimum atomic E-state index is -0.301. The molecule has 2 heterocycles. The van der Waals surface area contributed by atoms with E-state index in [0.717, 1.165) is 24.1 Å². The van der Waals surface area contributed by atoms with Crippen LogP contribution in [0.1, 0.15) is 30.4 Å². The molecule has 0 bridgehead atoms. The molecular weight excluding hydrogens is 426 g/mol. The molecular formula is C25H30F2N4O2. The summed E-state index contributed by atoms with van der Waals surface area (Å²) in [5, 5.41) is 5.94. The maximum Gasteiger partial charge on any atom is 0.239 e. The fourth-order valence-electron chi connectivity index (χ4n) is 4.84. The van der Waals surface area contributed by atoms with Crippen molar-refractivity contribution < 1.29 is 18.4 Å². The van der Waals surface area contributed by atoms with Crippen LogP contribution in [0.15, 0.2) is 48.5 Å². The van der Waals surface area contributed by atoms with Crippen LogP contribution in [-0.2, 0) is 22.7 Å². The molecule has 0 aromatic heterocycles. The number of likely N-dealkylation sites (N-methyl/N-ethyl adjacent to an activating group) is 1. The van der Waals surface area contributed by atoms with Gasteiger partial charge in [-0.1, -0.05) is 24.3 Å². The van der Waals surface area contributed by atoms with E-state index in [1.807, 2.05) is 7.05 Å². The highest BCUT2D eigenvalue weighted by Gasteiger charge is 2.44. The first-order valence-corrected chi connectivity index (χ1v) is 11.4. The largest absolute Gasteiger partial charge is 0.353 e. The van der Waals surface area contributed by atoms with Crippen molar-refractivity contribution in [1.82, 2.24) is 20.4 Å². The van der Waals surface area contributed by atoms with Crippen LogP contribution in [0.5, 0.6) is 0 Å². The Kier molecular flexibility index (Phi) is 7.35. The van der Waals surface area contributed by atoms with E-state index in [1.165, 1.54) is 24.3 Å². The van der Waals surface area contributed by atoms with Crippen molar-refractivity contribution in [3.05, 3.63) is 71.3 Å². The van der Waals surface area contributed by atoms with Gasteiger partial charge in [0.05, 0.1) is 0 Å². The summed E-state index contributed by atoms with van der Waals surface area (Å²) in [4.78, 5) is 29.7. The van der Waals surface area contributed by atoms with Gasteiger partial charge in [0.25, 0.3) is 0 Å². The first kappa shape index (κ1) is 23.3. The summed E-state index contributed by atoms with van der Waals surface area (Å²) >= 11 is 0. The zero-order valence-corrected chi connectivity index (χ0v) is 18.8. The number of hydrogen-bond donors (Lipinski definition) is 2. The van der Waals surface area contributed by atoms with Gasteiger partial charge < -0.3 is 10.6 Å². The molecule has 0 radical (unpaired) electrons. The third-order valence-electron chi connectivity index (χ3n) is 6.76. The van der Waals surface area contributed by atoms with Crippen molar-refractivity contribution in [1.29, 1.82) is 0 Å². The summed E-state index contributed by atoms with van der Waals surface area (Å²) in [6.45, 7) is 2.24. The Balaban J connectivity index is 1.31. The standard InChI is InChI=1S/C25H30F2N4O2/c1-30-21(10-11-23(32)28-14-17-2-6-19(26)7-3-17)15-29-25(33)24-22(30)12-13-31(24)16-18-4-8-20(27)9-5-18/h2-9,21-22,24H,10-16H2,1H3,(H,28,32)(H,29,33)/t21-,22+,24-/m0/s1. The summed E-state index contributed by atoms with van der Waals surface area (Å²) < 4.78 is 26.2. The van der Waals surface area contributed by atoms with Gasteiger partial charge >= 0.3 is 0 Å². The van der Waals surface area contributed by atoms with Crippen molar-refractivity contribution in [2.45, 2.75) is 50.5 Å². The second kappa shape index (κ2) is 10.4. The van der Waals surface area contributed by atoms with Gasteiger partial charge in [-0.05, 0) is 55.3 Å². The Morgan fingerprint density at radius 2 is 1.70 bits per heavy atom. The van der Waals surface area contributed by atoms with Gasteiger partial charge in [0.15, 0.2) is 0 Å². The summed E-state index contributed by atoms with van der Waals surface area (Å²) in [6.07, 6.45) is 1.85. The number of carbonyl (C=O) groups excluding carboxylic acids is 2. The van der Waals surface area contributed by atoms with E-state index in [2.05, 4.69) is 20.4 Å². The van der Waals surface area contributed by atoms with E-state index < -0.39 is 0 Å². The predicted octanol–water partition coefficient (Wildman–Crippen LogP) is 2.43. The fraction of sp³-hybridized carbons (Fsp3) is 0.440. The summed E-state index contributed by atoms with van der Waals surface area (Å²) in [5.74, 6) is -0.626. The van der Waals surface area contributed by atoms with Gasteiger partial charge in [0, 0.05) is 44.7 Å². The lowest BCUT2D eigenvalue weighted by molar-refractivity contribution is -0.126. The molecule has 0 unspecified atom stereocenters. The molecule has 0 saturated carbocycles. The van der Waals surface area contributed by atoms with Gasteiger partial charge in [-0.3, -0.25) is 19.4 Å². The zero-order chi connectivity index (χ0) is 23.4. The Bertz CT molecular complexity index is 967. The summed E-state index contributed by atoms with van der Waals surface area (Å²) in [7, 11) is 2.03. The van der Waals surface area contributed by atoms with E-state index in [4.69, 9.17) is 0 Å². The van der Waals surface area contributed by atoms with E-state index in [-0.39, 0.29) is 41.6 Å². The van der Waals surface area contributed by atoms with Crippen LogP contribution in [0.4, 0.5) is 8.78 Å². The molecule has 2 amide bonds. The first-order valence-electron chi connectivity index (χ1n) is 11.4. The van der Waals surface area contributed by atoms with Gasteiger partial charge in [-0.2, -0.15) is 0 Å². The molecule has 0 aliphatic carbocycles. The summed E-state index contributed by atoms with van der Waals surface area (Å²) in [5.41, 5.74) is 1.82. The number of fused-ring (bicyclic) bond motifs is 1. The number of amides is 2. The SMILES string of the molecule is CN1[C@@H](CCC(=O)NCc2ccc(F)cc2)CNC(=O)[C@@H]2[C@H]1CCN2Cc1ccc(F)cc1. The van der Waals surface area contributed by atoms with Crippen LogP contribution >= 0.6 is 0 Å². The smallest absolute Gasteiger partial charge is 0.239 e. The van der Waals surface area contributed by atoms with Gasteiger partial charge in [-0.25, -0.2) is 8.78 Å². The number of likely N-dealkylation sites (tertiary alicyclic amines) is 1. The number of hydrogen-bond acceptors (Lipinski definition) is 4. The van der Waals surface area contributed by atoms with Crippen LogP contribution in [0.25, 0.3) is 0 Å². The Morgan fingerprint density at radius 3 is 2.36 bits per heavy atom. The quantitative estimate of drug-likeness (QED) is 0.672. The van der Waals surface area contributed by atoms with Crippen LogP contribution in [0.2, 0.25) is 0 Å². The Morgan fingerprint density at radius 1 is 1.06 bits per heavy atom. The maximum atomic E-state index is 13.2. The first-order chi connectivity index (χ1) is 15.9. The average Bonchev–Trinajstić information content (AvgIpc) is 3.18. The molecule has 2 N–H and O–H groups in total. The third-order valence-corrected chi connectivity index (χ3v) is 6.76. The molecule has 6 nitrogen and oxygen atoms in total. The van der Waals surface area contributed by atoms with Gasteiger partial charge in [-0.15, -0.1) is 0 Å². The second-order valence-electron chi connectivity index (χ2n) is 8.90. The maximum absolute atomic E-state index is 13.2. The monoisotopic (exact) mass is 456 g/mol. The fourth-order valence-corrected chi connectivity index (χ4v) is 4.84.